The second-order valence-electron chi connectivity index (χ2n) is 3.13. The Labute approximate surface area is 75.7 Å². The number of halogens is 1. The maximum atomic E-state index is 13.2. The zero-order valence-electron chi connectivity index (χ0n) is 7.16. The van der Waals surface area contributed by atoms with Crippen LogP contribution >= 0.6 is 0 Å². The summed E-state index contributed by atoms with van der Waals surface area (Å²) in [7, 11) is 0. The third-order valence-electron chi connectivity index (χ3n) is 1.96. The van der Waals surface area contributed by atoms with Gasteiger partial charge in [-0.2, -0.15) is 0 Å². The number of hydrogen-bond acceptors (Lipinski definition) is 3. The molecule has 1 aliphatic rings. The van der Waals surface area contributed by atoms with E-state index in [1.54, 1.807) is 6.20 Å². The zero-order chi connectivity index (χ0) is 9.26. The zero-order valence-corrected chi connectivity index (χ0v) is 7.16. The van der Waals surface area contributed by atoms with E-state index in [1.165, 1.54) is 0 Å². The van der Waals surface area contributed by atoms with Crippen molar-refractivity contribution in [2.45, 2.75) is 25.5 Å². The van der Waals surface area contributed by atoms with E-state index in [-0.39, 0.29) is 18.4 Å². The molecule has 0 spiro atoms. The third-order valence-corrected chi connectivity index (χ3v) is 1.96. The third kappa shape index (κ3) is 1.78. The summed E-state index contributed by atoms with van der Waals surface area (Å²) >= 11 is 0. The standard InChI is InChI=1S/C9H11FN2O/c10-8-5-12-4-6(3-11)9(8)13-7-1-2-7/h4-5,7H,1-3,11H2. The average Bonchev–Trinajstić information content (AvgIpc) is 2.92. The molecule has 0 atom stereocenters. The SMILES string of the molecule is NCc1cncc(F)c1OC1CC1. The second kappa shape index (κ2) is 3.30. The molecule has 1 aromatic rings. The first-order chi connectivity index (χ1) is 6.31. The van der Waals surface area contributed by atoms with Crippen LogP contribution in [0.3, 0.4) is 0 Å². The summed E-state index contributed by atoms with van der Waals surface area (Å²) < 4.78 is 18.6. The molecule has 1 aliphatic carbocycles. The van der Waals surface area contributed by atoms with Gasteiger partial charge in [-0.05, 0) is 12.8 Å². The van der Waals surface area contributed by atoms with Crippen LogP contribution in [0.1, 0.15) is 18.4 Å². The number of aromatic nitrogens is 1. The highest BCUT2D eigenvalue weighted by Gasteiger charge is 2.25. The first-order valence-electron chi connectivity index (χ1n) is 4.30. The number of rotatable bonds is 3. The number of pyridine rings is 1. The Hall–Kier alpha value is -1.16. The van der Waals surface area contributed by atoms with Gasteiger partial charge in [0, 0.05) is 18.3 Å². The van der Waals surface area contributed by atoms with E-state index >= 15 is 0 Å². The summed E-state index contributed by atoms with van der Waals surface area (Å²) in [5, 5.41) is 0. The van der Waals surface area contributed by atoms with Gasteiger partial charge in [0.1, 0.15) is 0 Å². The molecule has 4 heteroatoms. The van der Waals surface area contributed by atoms with Crippen molar-refractivity contribution in [1.82, 2.24) is 4.98 Å². The predicted octanol–water partition coefficient (Wildman–Crippen LogP) is 1.22. The molecule has 2 N–H and O–H groups in total. The van der Waals surface area contributed by atoms with Crippen molar-refractivity contribution in [2.75, 3.05) is 0 Å². The molecule has 0 aromatic carbocycles. The van der Waals surface area contributed by atoms with Gasteiger partial charge in [-0.1, -0.05) is 0 Å². The molecule has 1 fully saturated rings. The molecule has 0 aliphatic heterocycles. The van der Waals surface area contributed by atoms with Gasteiger partial charge in [0.25, 0.3) is 0 Å². The van der Waals surface area contributed by atoms with E-state index in [0.717, 1.165) is 19.0 Å². The van der Waals surface area contributed by atoms with Crippen molar-refractivity contribution in [3.05, 3.63) is 23.8 Å². The molecule has 70 valence electrons. The van der Waals surface area contributed by atoms with Gasteiger partial charge in [0.2, 0.25) is 0 Å². The molecule has 0 radical (unpaired) electrons. The van der Waals surface area contributed by atoms with Crippen LogP contribution in [0, 0.1) is 5.82 Å². The Bertz CT molecular complexity index is 312. The Morgan fingerprint density at radius 1 is 1.54 bits per heavy atom. The Balaban J connectivity index is 2.27. The van der Waals surface area contributed by atoms with E-state index in [0.29, 0.717) is 5.56 Å². The molecule has 1 saturated carbocycles. The van der Waals surface area contributed by atoms with E-state index in [4.69, 9.17) is 10.5 Å². The topological polar surface area (TPSA) is 48.1 Å². The van der Waals surface area contributed by atoms with Crippen molar-refractivity contribution in [1.29, 1.82) is 0 Å². The Kier molecular flexibility index (Phi) is 2.14. The quantitative estimate of drug-likeness (QED) is 0.764. The van der Waals surface area contributed by atoms with Crippen molar-refractivity contribution in [3.63, 3.8) is 0 Å². The van der Waals surface area contributed by atoms with E-state index in [2.05, 4.69) is 4.98 Å². The van der Waals surface area contributed by atoms with Crippen LogP contribution in [0.15, 0.2) is 12.4 Å². The first kappa shape index (κ1) is 8.44. The lowest BCUT2D eigenvalue weighted by molar-refractivity contribution is 0.283. The van der Waals surface area contributed by atoms with Crippen molar-refractivity contribution >= 4 is 0 Å². The highest BCUT2D eigenvalue weighted by atomic mass is 19.1. The van der Waals surface area contributed by atoms with Crippen LogP contribution in [0.4, 0.5) is 4.39 Å². The fourth-order valence-corrected chi connectivity index (χ4v) is 1.09. The minimum atomic E-state index is -0.421. The average molecular weight is 182 g/mol. The molecule has 3 nitrogen and oxygen atoms in total. The normalized spacial score (nSPS) is 15.8. The molecule has 1 heterocycles. The number of nitrogens with zero attached hydrogens (tertiary/aromatic N) is 1. The lowest BCUT2D eigenvalue weighted by atomic mass is 10.2. The summed E-state index contributed by atoms with van der Waals surface area (Å²) in [6.45, 7) is 0.257. The highest BCUT2D eigenvalue weighted by Crippen LogP contribution is 2.30. The van der Waals surface area contributed by atoms with Gasteiger partial charge in [-0.15, -0.1) is 0 Å². The van der Waals surface area contributed by atoms with E-state index in [1.807, 2.05) is 0 Å². The molecule has 1 aromatic heterocycles. The van der Waals surface area contributed by atoms with Gasteiger partial charge in [0.05, 0.1) is 12.3 Å². The lowest BCUT2D eigenvalue weighted by Gasteiger charge is -2.09. The maximum Gasteiger partial charge on any atom is 0.183 e. The molecule has 0 amide bonds. The van der Waals surface area contributed by atoms with Crippen LogP contribution in [0.2, 0.25) is 0 Å². The van der Waals surface area contributed by atoms with E-state index < -0.39 is 5.82 Å². The monoisotopic (exact) mass is 182 g/mol. The molecule has 0 saturated heterocycles. The number of hydrogen-bond donors (Lipinski definition) is 1. The smallest absolute Gasteiger partial charge is 0.183 e. The lowest BCUT2D eigenvalue weighted by Crippen LogP contribution is -2.06. The molecule has 0 bridgehead atoms. The van der Waals surface area contributed by atoms with Crippen LogP contribution in [0.5, 0.6) is 5.75 Å². The van der Waals surface area contributed by atoms with Crippen LogP contribution in [0.25, 0.3) is 0 Å². The van der Waals surface area contributed by atoms with Gasteiger partial charge < -0.3 is 10.5 Å². The first-order valence-corrected chi connectivity index (χ1v) is 4.30. The van der Waals surface area contributed by atoms with Crippen LogP contribution in [-0.4, -0.2) is 11.1 Å². The fraction of sp³-hybridized carbons (Fsp3) is 0.444. The highest BCUT2D eigenvalue weighted by molar-refractivity contribution is 5.32. The van der Waals surface area contributed by atoms with Gasteiger partial charge in [-0.25, -0.2) is 4.39 Å². The molecular weight excluding hydrogens is 171 g/mol. The summed E-state index contributed by atoms with van der Waals surface area (Å²) in [4.78, 5) is 3.71. The summed E-state index contributed by atoms with van der Waals surface area (Å²) in [6.07, 6.45) is 4.89. The largest absolute Gasteiger partial charge is 0.487 e. The summed E-state index contributed by atoms with van der Waals surface area (Å²) in [6, 6.07) is 0. The Morgan fingerprint density at radius 3 is 2.92 bits per heavy atom. The predicted molar refractivity (Wildman–Crippen MR) is 45.7 cm³/mol. The van der Waals surface area contributed by atoms with Crippen LogP contribution < -0.4 is 10.5 Å². The minimum Gasteiger partial charge on any atom is -0.487 e. The fourth-order valence-electron chi connectivity index (χ4n) is 1.09. The molecular formula is C9H11FN2O. The molecule has 0 unspecified atom stereocenters. The maximum absolute atomic E-state index is 13.2. The van der Waals surface area contributed by atoms with Crippen molar-refractivity contribution in [2.24, 2.45) is 5.73 Å². The summed E-state index contributed by atoms with van der Waals surface area (Å²) in [5.41, 5.74) is 6.06. The number of nitrogens with two attached hydrogens (primary N) is 1. The summed E-state index contributed by atoms with van der Waals surface area (Å²) in [5.74, 6) is -0.144. The molecule has 2 rings (SSSR count). The van der Waals surface area contributed by atoms with Crippen molar-refractivity contribution in [3.8, 4) is 5.75 Å². The van der Waals surface area contributed by atoms with Gasteiger partial charge >= 0.3 is 0 Å². The van der Waals surface area contributed by atoms with E-state index in [9.17, 15) is 4.39 Å². The Morgan fingerprint density at radius 2 is 2.31 bits per heavy atom. The van der Waals surface area contributed by atoms with Gasteiger partial charge in [0.15, 0.2) is 11.6 Å². The van der Waals surface area contributed by atoms with Gasteiger partial charge in [-0.3, -0.25) is 4.98 Å². The minimum absolute atomic E-state index is 0.183. The van der Waals surface area contributed by atoms with Crippen LogP contribution in [-0.2, 0) is 6.54 Å². The molecule has 13 heavy (non-hydrogen) atoms. The second-order valence-corrected chi connectivity index (χ2v) is 3.13. The van der Waals surface area contributed by atoms with Crippen molar-refractivity contribution < 1.29 is 9.13 Å². The number of ether oxygens (including phenoxy) is 1.